The van der Waals surface area contributed by atoms with Crippen LogP contribution in [-0.2, 0) is 33.2 Å². The van der Waals surface area contributed by atoms with Crippen molar-refractivity contribution >= 4 is 5.91 Å². The van der Waals surface area contributed by atoms with Gasteiger partial charge in [-0.3, -0.25) is 4.79 Å². The van der Waals surface area contributed by atoms with Crippen molar-refractivity contribution in [1.29, 1.82) is 0 Å². The molecular weight excluding hydrogens is 330 g/mol. The summed E-state index contributed by atoms with van der Waals surface area (Å²) in [5, 5.41) is 2.78. The molecule has 0 saturated carbocycles. The minimum absolute atomic E-state index is 0.0432. The van der Waals surface area contributed by atoms with Crippen molar-refractivity contribution < 1.29 is 33.2 Å². The van der Waals surface area contributed by atoms with Gasteiger partial charge in [-0.2, -0.15) is 0 Å². The van der Waals surface area contributed by atoms with E-state index in [1.54, 1.807) is 7.11 Å². The molecule has 0 aromatic heterocycles. The van der Waals surface area contributed by atoms with Crippen LogP contribution in [-0.4, -0.2) is 92.2 Å². The number of hydrogen-bond acceptors (Lipinski definition) is 7. The van der Waals surface area contributed by atoms with Crippen molar-refractivity contribution in [2.24, 2.45) is 0 Å². The first-order valence-electron chi connectivity index (χ1n) is 8.95. The summed E-state index contributed by atoms with van der Waals surface area (Å²) in [6.07, 6.45) is 1.34. The highest BCUT2D eigenvalue weighted by molar-refractivity contribution is 5.75. The summed E-state index contributed by atoms with van der Waals surface area (Å²) < 4.78 is 31.4. The van der Waals surface area contributed by atoms with Crippen molar-refractivity contribution in [3.8, 4) is 0 Å². The van der Waals surface area contributed by atoms with Gasteiger partial charge in [0.15, 0.2) is 0 Å². The lowest BCUT2D eigenvalue weighted by atomic mass is 10.4. The second-order valence-corrected chi connectivity index (χ2v) is 5.15. The van der Waals surface area contributed by atoms with Crippen molar-refractivity contribution in [1.82, 2.24) is 5.32 Å². The highest BCUT2D eigenvalue weighted by Crippen LogP contribution is 1.86. The highest BCUT2D eigenvalue weighted by atomic mass is 16.6. The predicted octanol–water partition coefficient (Wildman–Crippen LogP) is 0.632. The van der Waals surface area contributed by atoms with Crippen LogP contribution in [0.4, 0.5) is 0 Å². The van der Waals surface area contributed by atoms with Gasteiger partial charge in [-0.1, -0.05) is 6.92 Å². The summed E-state index contributed by atoms with van der Waals surface area (Å²) in [7, 11) is 1.64. The van der Waals surface area contributed by atoms with Crippen LogP contribution in [0.3, 0.4) is 0 Å². The molecule has 0 saturated heterocycles. The van der Waals surface area contributed by atoms with Crippen LogP contribution in [0.2, 0.25) is 0 Å². The summed E-state index contributed by atoms with van der Waals surface area (Å²) in [6.45, 7) is 8.51. The maximum atomic E-state index is 11.5. The van der Waals surface area contributed by atoms with Gasteiger partial charge in [-0.05, 0) is 6.42 Å². The highest BCUT2D eigenvalue weighted by Gasteiger charge is 2.00. The molecule has 0 unspecified atom stereocenters. The van der Waals surface area contributed by atoms with Crippen LogP contribution in [0.1, 0.15) is 19.8 Å². The van der Waals surface area contributed by atoms with Crippen molar-refractivity contribution in [3.63, 3.8) is 0 Å². The van der Waals surface area contributed by atoms with Crippen LogP contribution >= 0.6 is 0 Å². The molecule has 0 atom stereocenters. The molecule has 0 aromatic rings. The van der Waals surface area contributed by atoms with Gasteiger partial charge < -0.3 is 33.7 Å². The first-order valence-corrected chi connectivity index (χ1v) is 8.95. The zero-order valence-corrected chi connectivity index (χ0v) is 15.8. The third-order valence-corrected chi connectivity index (χ3v) is 2.94. The Morgan fingerprint density at radius 3 is 1.72 bits per heavy atom. The van der Waals surface area contributed by atoms with E-state index in [4.69, 9.17) is 28.4 Å². The second kappa shape index (κ2) is 21.3. The maximum absolute atomic E-state index is 11.5. The monoisotopic (exact) mass is 365 g/mol. The number of ether oxygens (including phenoxy) is 6. The fourth-order valence-corrected chi connectivity index (χ4v) is 1.67. The Morgan fingerprint density at radius 2 is 1.16 bits per heavy atom. The molecule has 0 aliphatic heterocycles. The summed E-state index contributed by atoms with van der Waals surface area (Å²) in [6, 6.07) is 0. The van der Waals surface area contributed by atoms with Crippen LogP contribution < -0.4 is 5.32 Å². The van der Waals surface area contributed by atoms with Crippen LogP contribution in [0.25, 0.3) is 0 Å². The van der Waals surface area contributed by atoms with Gasteiger partial charge in [0.05, 0.1) is 66.1 Å². The normalized spacial score (nSPS) is 11.0. The maximum Gasteiger partial charge on any atom is 0.222 e. The van der Waals surface area contributed by atoms with Gasteiger partial charge in [0.1, 0.15) is 0 Å². The number of carbonyl (C=O) groups excluding carboxylic acids is 1. The van der Waals surface area contributed by atoms with Gasteiger partial charge in [0, 0.05) is 26.7 Å². The zero-order valence-electron chi connectivity index (χ0n) is 15.8. The summed E-state index contributed by atoms with van der Waals surface area (Å²) in [5.74, 6) is -0.0432. The first-order chi connectivity index (χ1) is 12.3. The molecule has 1 N–H and O–H groups in total. The second-order valence-electron chi connectivity index (χ2n) is 5.15. The molecular formula is C17H35NO7. The minimum atomic E-state index is -0.0432. The largest absolute Gasteiger partial charge is 0.382 e. The third kappa shape index (κ3) is 21.2. The molecule has 0 spiro atoms. The first kappa shape index (κ1) is 24.2. The van der Waals surface area contributed by atoms with Crippen molar-refractivity contribution in [2.75, 3.05) is 86.3 Å². The van der Waals surface area contributed by atoms with Gasteiger partial charge in [-0.15, -0.1) is 0 Å². The Balaban J connectivity index is 3.13. The average molecular weight is 365 g/mol. The smallest absolute Gasteiger partial charge is 0.222 e. The number of amides is 1. The molecule has 0 rings (SSSR count). The van der Waals surface area contributed by atoms with Gasteiger partial charge in [0.25, 0.3) is 0 Å². The van der Waals surface area contributed by atoms with Gasteiger partial charge in [-0.25, -0.2) is 0 Å². The fourth-order valence-electron chi connectivity index (χ4n) is 1.67. The van der Waals surface area contributed by atoms with E-state index in [9.17, 15) is 4.79 Å². The van der Waals surface area contributed by atoms with Crippen LogP contribution in [0.5, 0.6) is 0 Å². The zero-order chi connectivity index (χ0) is 18.4. The minimum Gasteiger partial charge on any atom is -0.382 e. The molecule has 0 heterocycles. The molecule has 0 radical (unpaired) electrons. The molecule has 150 valence electrons. The van der Waals surface area contributed by atoms with Gasteiger partial charge in [0.2, 0.25) is 5.91 Å². The lowest BCUT2D eigenvalue weighted by molar-refractivity contribution is -0.122. The Morgan fingerprint density at radius 1 is 0.680 bits per heavy atom. The Kier molecular flexibility index (Phi) is 20.6. The molecule has 0 bridgehead atoms. The number of carbonyl (C=O) groups is 1. The summed E-state index contributed by atoms with van der Waals surface area (Å²) in [4.78, 5) is 11.5. The Labute approximate surface area is 151 Å². The Bertz CT molecular complexity index is 280. The topological polar surface area (TPSA) is 84.5 Å². The molecule has 0 aromatic carbocycles. The van der Waals surface area contributed by atoms with E-state index in [-0.39, 0.29) is 5.91 Å². The number of hydrogen-bond donors (Lipinski definition) is 1. The van der Waals surface area contributed by atoms with E-state index in [2.05, 4.69) is 12.2 Å². The number of methoxy groups -OCH3 is 1. The van der Waals surface area contributed by atoms with E-state index in [1.165, 1.54) is 0 Å². The summed E-state index contributed by atoms with van der Waals surface area (Å²) >= 11 is 0. The van der Waals surface area contributed by atoms with Crippen molar-refractivity contribution in [2.45, 2.75) is 19.8 Å². The molecule has 1 amide bonds. The number of nitrogens with one attached hydrogen (secondary N) is 1. The average Bonchev–Trinajstić information content (AvgIpc) is 2.62. The lowest BCUT2D eigenvalue weighted by Crippen LogP contribution is -2.28. The number of rotatable bonds is 20. The SMILES string of the molecule is CCCOCCOCCNC(=O)CCOCCOCCOCCOC. The van der Waals surface area contributed by atoms with Crippen molar-refractivity contribution in [3.05, 3.63) is 0 Å². The van der Waals surface area contributed by atoms with E-state index in [0.29, 0.717) is 79.0 Å². The predicted molar refractivity (Wildman–Crippen MR) is 93.9 cm³/mol. The van der Waals surface area contributed by atoms with Gasteiger partial charge >= 0.3 is 0 Å². The molecule has 25 heavy (non-hydrogen) atoms. The van der Waals surface area contributed by atoms with Crippen LogP contribution in [0, 0.1) is 0 Å². The molecule has 0 aliphatic rings. The molecule has 0 fully saturated rings. The standard InChI is InChI=1S/C17H35NO7/c1-3-6-21-11-13-23-8-5-18-17(19)4-7-22-12-14-25-16-15-24-10-9-20-2/h3-16H2,1-2H3,(H,18,19). The van der Waals surface area contributed by atoms with E-state index >= 15 is 0 Å². The van der Waals surface area contributed by atoms with E-state index in [0.717, 1.165) is 13.0 Å². The molecule has 8 nitrogen and oxygen atoms in total. The Hall–Kier alpha value is -0.770. The summed E-state index contributed by atoms with van der Waals surface area (Å²) in [5.41, 5.74) is 0. The third-order valence-electron chi connectivity index (χ3n) is 2.94. The lowest BCUT2D eigenvalue weighted by Gasteiger charge is -2.08. The fraction of sp³-hybridized carbons (Fsp3) is 0.941. The van der Waals surface area contributed by atoms with E-state index in [1.807, 2.05) is 0 Å². The van der Waals surface area contributed by atoms with E-state index < -0.39 is 0 Å². The quantitative estimate of drug-likeness (QED) is 0.317. The van der Waals surface area contributed by atoms with Crippen LogP contribution in [0.15, 0.2) is 0 Å². The molecule has 8 heteroatoms. The molecule has 0 aliphatic carbocycles.